The fraction of sp³-hybridized carbons (Fsp3) is 0.889. The third kappa shape index (κ3) is 17.1. The van der Waals surface area contributed by atoms with E-state index in [1.54, 1.807) is 0 Å². The van der Waals surface area contributed by atoms with Crippen molar-refractivity contribution < 1.29 is 19.5 Å². The molecular formula is C18H35NO4. The molecule has 0 spiro atoms. The van der Waals surface area contributed by atoms with E-state index in [0.29, 0.717) is 6.54 Å². The van der Waals surface area contributed by atoms with Crippen LogP contribution in [0.3, 0.4) is 0 Å². The molecule has 2 N–H and O–H groups in total. The highest BCUT2D eigenvalue weighted by atomic mass is 16.7. The topological polar surface area (TPSA) is 75.6 Å². The quantitative estimate of drug-likeness (QED) is 0.246. The van der Waals surface area contributed by atoms with Crippen LogP contribution in [0.25, 0.3) is 0 Å². The van der Waals surface area contributed by atoms with Gasteiger partial charge in [-0.2, -0.15) is 5.48 Å². The highest BCUT2D eigenvalue weighted by molar-refractivity contribution is 6.28. The third-order valence-electron chi connectivity index (χ3n) is 3.97. The van der Waals surface area contributed by atoms with E-state index >= 15 is 0 Å². The summed E-state index contributed by atoms with van der Waals surface area (Å²) in [5.74, 6) is -2.83. The molecule has 0 heterocycles. The van der Waals surface area contributed by atoms with Gasteiger partial charge in [-0.1, -0.05) is 90.4 Å². The monoisotopic (exact) mass is 329 g/mol. The summed E-state index contributed by atoms with van der Waals surface area (Å²) >= 11 is 0. The molecule has 0 aromatic carbocycles. The number of aliphatic carboxylic acids is 1. The summed E-state index contributed by atoms with van der Waals surface area (Å²) in [4.78, 5) is 25.1. The van der Waals surface area contributed by atoms with Crippen molar-refractivity contribution in [2.45, 2.75) is 96.8 Å². The first-order chi connectivity index (χ1) is 11.2. The summed E-state index contributed by atoms with van der Waals surface area (Å²) in [6, 6.07) is 0. The van der Waals surface area contributed by atoms with Gasteiger partial charge < -0.3 is 9.94 Å². The van der Waals surface area contributed by atoms with Gasteiger partial charge >= 0.3 is 11.9 Å². The summed E-state index contributed by atoms with van der Waals surface area (Å²) in [6.07, 6.45) is 18.1. The molecule has 0 radical (unpaired) electrons. The molecule has 5 nitrogen and oxygen atoms in total. The van der Waals surface area contributed by atoms with E-state index in [1.807, 2.05) is 0 Å². The van der Waals surface area contributed by atoms with Crippen molar-refractivity contribution in [3.63, 3.8) is 0 Å². The molecule has 0 saturated heterocycles. The van der Waals surface area contributed by atoms with Gasteiger partial charge in [0.15, 0.2) is 0 Å². The molecule has 0 aliphatic rings. The number of carboxylic acid groups (broad SMARTS) is 1. The number of unbranched alkanes of at least 4 members (excludes halogenated alkanes) is 13. The first-order valence-electron chi connectivity index (χ1n) is 9.35. The maximum Gasteiger partial charge on any atom is 0.435 e. The summed E-state index contributed by atoms with van der Waals surface area (Å²) in [5, 5.41) is 8.29. The molecule has 0 amide bonds. The van der Waals surface area contributed by atoms with E-state index in [1.165, 1.54) is 77.0 Å². The Bertz CT molecular complexity index is 295. The van der Waals surface area contributed by atoms with Crippen LogP contribution in [0, 0.1) is 0 Å². The molecule has 0 aromatic heterocycles. The minimum atomic E-state index is -1.57. The van der Waals surface area contributed by atoms with Gasteiger partial charge in [0.25, 0.3) is 0 Å². The van der Waals surface area contributed by atoms with Gasteiger partial charge in [-0.15, -0.1) is 0 Å². The third-order valence-corrected chi connectivity index (χ3v) is 3.97. The average molecular weight is 329 g/mol. The van der Waals surface area contributed by atoms with Crippen molar-refractivity contribution in [2.24, 2.45) is 0 Å². The number of nitrogens with one attached hydrogen (secondary N) is 1. The van der Waals surface area contributed by atoms with E-state index in [-0.39, 0.29) is 0 Å². The van der Waals surface area contributed by atoms with E-state index in [4.69, 9.17) is 5.11 Å². The molecule has 136 valence electrons. The Morgan fingerprint density at radius 2 is 1.13 bits per heavy atom. The molecule has 0 bridgehead atoms. The molecule has 0 saturated carbocycles. The first kappa shape index (κ1) is 21.9. The average Bonchev–Trinajstić information content (AvgIpc) is 2.54. The minimum Gasteiger partial charge on any atom is -0.473 e. The van der Waals surface area contributed by atoms with Gasteiger partial charge in [-0.3, -0.25) is 0 Å². The Hall–Kier alpha value is -1.10. The van der Waals surface area contributed by atoms with Crippen molar-refractivity contribution in [3.05, 3.63) is 0 Å². The lowest BCUT2D eigenvalue weighted by molar-refractivity contribution is -0.168. The smallest absolute Gasteiger partial charge is 0.435 e. The molecule has 0 fully saturated rings. The van der Waals surface area contributed by atoms with Crippen LogP contribution in [-0.4, -0.2) is 23.6 Å². The van der Waals surface area contributed by atoms with Crippen molar-refractivity contribution in [1.82, 2.24) is 5.48 Å². The van der Waals surface area contributed by atoms with Gasteiger partial charge in [0, 0.05) is 6.54 Å². The lowest BCUT2D eigenvalue weighted by Gasteiger charge is -2.04. The summed E-state index contributed by atoms with van der Waals surface area (Å²) in [5.41, 5.74) is 2.38. The number of rotatable bonds is 16. The Morgan fingerprint density at radius 3 is 1.52 bits per heavy atom. The molecule has 0 aromatic rings. The zero-order valence-electron chi connectivity index (χ0n) is 14.8. The fourth-order valence-corrected chi connectivity index (χ4v) is 2.55. The molecule has 0 rings (SSSR count). The molecule has 0 unspecified atom stereocenters. The van der Waals surface area contributed by atoms with Crippen LogP contribution < -0.4 is 5.48 Å². The van der Waals surface area contributed by atoms with Gasteiger partial charge in [0.1, 0.15) is 0 Å². The maximum absolute atomic E-state index is 10.6. The van der Waals surface area contributed by atoms with Gasteiger partial charge in [0.2, 0.25) is 0 Å². The standard InChI is InChI=1S/C18H35NO4/c1-2-3-4-5-6-7-8-9-10-11-12-13-14-15-16-19-23-18(22)17(20)21/h19H,2-16H2,1H3,(H,20,21). The molecule has 23 heavy (non-hydrogen) atoms. The highest BCUT2D eigenvalue weighted by Crippen LogP contribution is 2.12. The molecule has 0 aliphatic heterocycles. The second-order valence-corrected chi connectivity index (χ2v) is 6.19. The number of carbonyl (C=O) groups is 2. The largest absolute Gasteiger partial charge is 0.473 e. The second kappa shape index (κ2) is 17.3. The molecule has 0 atom stereocenters. The van der Waals surface area contributed by atoms with Crippen molar-refractivity contribution in [1.29, 1.82) is 0 Å². The van der Waals surface area contributed by atoms with Crippen LogP contribution in [0.1, 0.15) is 96.8 Å². The van der Waals surface area contributed by atoms with E-state index < -0.39 is 11.9 Å². The normalized spacial score (nSPS) is 10.7. The first-order valence-corrected chi connectivity index (χ1v) is 9.35. The van der Waals surface area contributed by atoms with Crippen molar-refractivity contribution in [2.75, 3.05) is 6.54 Å². The Balaban J connectivity index is 3.05. The van der Waals surface area contributed by atoms with E-state index in [2.05, 4.69) is 17.2 Å². The van der Waals surface area contributed by atoms with Crippen LogP contribution in [0.4, 0.5) is 0 Å². The van der Waals surface area contributed by atoms with Crippen LogP contribution in [-0.2, 0) is 14.4 Å². The SMILES string of the molecule is CCCCCCCCCCCCCCCCNOC(=O)C(=O)O. The second-order valence-electron chi connectivity index (χ2n) is 6.19. The summed E-state index contributed by atoms with van der Waals surface area (Å²) in [7, 11) is 0. The Kier molecular flexibility index (Phi) is 16.4. The maximum atomic E-state index is 10.6. The highest BCUT2D eigenvalue weighted by Gasteiger charge is 2.12. The van der Waals surface area contributed by atoms with Gasteiger partial charge in [-0.25, -0.2) is 9.59 Å². The number of hydroxylamine groups is 1. The fourth-order valence-electron chi connectivity index (χ4n) is 2.55. The van der Waals surface area contributed by atoms with E-state index in [9.17, 15) is 9.59 Å². The van der Waals surface area contributed by atoms with Crippen LogP contribution in [0.2, 0.25) is 0 Å². The minimum absolute atomic E-state index is 0.511. The Labute approximate surface area is 141 Å². The zero-order chi connectivity index (χ0) is 17.2. The van der Waals surface area contributed by atoms with Crippen LogP contribution in [0.5, 0.6) is 0 Å². The molecule has 0 aliphatic carbocycles. The van der Waals surface area contributed by atoms with Gasteiger partial charge in [-0.05, 0) is 6.42 Å². The zero-order valence-corrected chi connectivity index (χ0v) is 14.8. The lowest BCUT2D eigenvalue weighted by Crippen LogP contribution is -2.26. The number of hydrogen-bond donors (Lipinski definition) is 2. The summed E-state index contributed by atoms with van der Waals surface area (Å²) < 4.78 is 0. The Morgan fingerprint density at radius 1 is 0.739 bits per heavy atom. The predicted molar refractivity (Wildman–Crippen MR) is 92.0 cm³/mol. The van der Waals surface area contributed by atoms with Crippen molar-refractivity contribution in [3.8, 4) is 0 Å². The molecular weight excluding hydrogens is 294 g/mol. The van der Waals surface area contributed by atoms with Crippen molar-refractivity contribution >= 4 is 11.9 Å². The number of hydrogen-bond acceptors (Lipinski definition) is 4. The van der Waals surface area contributed by atoms with E-state index in [0.717, 1.165) is 12.8 Å². The van der Waals surface area contributed by atoms with Gasteiger partial charge in [0.05, 0.1) is 0 Å². The lowest BCUT2D eigenvalue weighted by atomic mass is 10.0. The number of carboxylic acids is 1. The van der Waals surface area contributed by atoms with Crippen LogP contribution in [0.15, 0.2) is 0 Å². The predicted octanol–water partition coefficient (Wildman–Crippen LogP) is 4.60. The van der Waals surface area contributed by atoms with Crippen LogP contribution >= 0.6 is 0 Å². The molecule has 5 heteroatoms. The number of carbonyl (C=O) groups excluding carboxylic acids is 1. The summed E-state index contributed by atoms with van der Waals surface area (Å²) in [6.45, 7) is 2.77.